The van der Waals surface area contributed by atoms with Gasteiger partial charge in [0.25, 0.3) is 5.92 Å². The van der Waals surface area contributed by atoms with E-state index < -0.39 is 46.1 Å². The zero-order chi connectivity index (χ0) is 24.9. The molecule has 0 saturated heterocycles. The highest BCUT2D eigenvalue weighted by Gasteiger charge is 2.82. The lowest BCUT2D eigenvalue weighted by Gasteiger charge is -2.74. The van der Waals surface area contributed by atoms with Crippen LogP contribution in [-0.2, 0) is 17.6 Å². The Kier molecular flexibility index (Phi) is 5.32. The van der Waals surface area contributed by atoms with Crippen LogP contribution in [0.2, 0.25) is 0 Å². The number of rotatable bonds is 9. The summed E-state index contributed by atoms with van der Waals surface area (Å²) in [5.74, 6) is -5.40. The number of alkyl halides is 2. The zero-order valence-corrected chi connectivity index (χ0v) is 18.5. The fraction of sp³-hybridized carbons (Fsp3) is 0.417. The van der Waals surface area contributed by atoms with Crippen LogP contribution in [0.1, 0.15) is 36.8 Å². The van der Waals surface area contributed by atoms with E-state index in [-0.39, 0.29) is 32.3 Å². The van der Waals surface area contributed by atoms with Gasteiger partial charge < -0.3 is 9.84 Å². The molecule has 1 N–H and O–H groups in total. The Labute approximate surface area is 197 Å². The molecule has 1 atom stereocenters. The van der Waals surface area contributed by atoms with Gasteiger partial charge in [0.1, 0.15) is 30.3 Å². The van der Waals surface area contributed by atoms with Crippen molar-refractivity contribution in [3.05, 3.63) is 71.6 Å². The molecule has 3 fully saturated rings. The summed E-state index contributed by atoms with van der Waals surface area (Å²) >= 11 is 0. The number of aromatic nitrogens is 4. The van der Waals surface area contributed by atoms with Crippen LogP contribution < -0.4 is 4.74 Å². The predicted octanol–water partition coefficient (Wildman–Crippen LogP) is 3.89. The lowest BCUT2D eigenvalue weighted by atomic mass is 9.30. The van der Waals surface area contributed by atoms with E-state index in [2.05, 4.69) is 15.5 Å². The van der Waals surface area contributed by atoms with E-state index in [1.807, 2.05) is 18.2 Å². The number of nitrogens with zero attached hydrogens (tertiary/aromatic N) is 5. The molecule has 0 radical (unpaired) electrons. The third kappa shape index (κ3) is 3.46. The molecule has 3 aromatic rings. The molecule has 7 nitrogen and oxygen atoms in total. The van der Waals surface area contributed by atoms with Gasteiger partial charge in [-0.2, -0.15) is 5.26 Å². The number of hydrogen-bond donors (Lipinski definition) is 1. The van der Waals surface area contributed by atoms with Gasteiger partial charge in [-0.15, -0.1) is 5.10 Å². The van der Waals surface area contributed by atoms with Crippen molar-refractivity contribution in [1.82, 2.24) is 20.2 Å². The minimum Gasteiger partial charge on any atom is -0.493 e. The van der Waals surface area contributed by atoms with Crippen molar-refractivity contribution in [2.75, 3.05) is 6.61 Å². The fourth-order valence-corrected chi connectivity index (χ4v) is 5.65. The number of benzene rings is 2. The maximum absolute atomic E-state index is 16.2. The Morgan fingerprint density at radius 1 is 1.11 bits per heavy atom. The quantitative estimate of drug-likeness (QED) is 0.363. The van der Waals surface area contributed by atoms with Crippen molar-refractivity contribution in [3.8, 4) is 11.8 Å². The number of halogens is 4. The van der Waals surface area contributed by atoms with Crippen molar-refractivity contribution in [2.24, 2.45) is 5.41 Å². The molecule has 2 bridgehead atoms. The molecule has 1 heterocycles. The second kappa shape index (κ2) is 8.02. The molecule has 0 aliphatic heterocycles. The van der Waals surface area contributed by atoms with Crippen molar-refractivity contribution in [2.45, 2.75) is 49.2 Å². The van der Waals surface area contributed by atoms with Crippen LogP contribution >= 0.6 is 0 Å². The molecule has 3 aliphatic carbocycles. The van der Waals surface area contributed by atoms with Gasteiger partial charge in [0.15, 0.2) is 5.60 Å². The summed E-state index contributed by atoms with van der Waals surface area (Å²) in [5, 5.41) is 30.4. The van der Waals surface area contributed by atoms with Gasteiger partial charge >= 0.3 is 0 Å². The van der Waals surface area contributed by atoms with E-state index in [9.17, 15) is 13.9 Å². The van der Waals surface area contributed by atoms with Crippen LogP contribution in [-0.4, -0.2) is 37.8 Å². The highest BCUT2D eigenvalue weighted by Crippen LogP contribution is 2.80. The number of aliphatic hydroxyl groups is 1. The normalized spacial score (nSPS) is 24.6. The first-order chi connectivity index (χ1) is 16.6. The predicted molar refractivity (Wildman–Crippen MR) is 113 cm³/mol. The topological polar surface area (TPSA) is 96.8 Å². The van der Waals surface area contributed by atoms with Gasteiger partial charge in [0, 0.05) is 17.0 Å². The third-order valence-corrected chi connectivity index (χ3v) is 7.32. The molecule has 0 amide bonds. The zero-order valence-electron chi connectivity index (χ0n) is 18.5. The van der Waals surface area contributed by atoms with E-state index >= 15 is 8.78 Å². The number of ether oxygens (including phenoxy) is 1. The molecule has 182 valence electrons. The van der Waals surface area contributed by atoms with Gasteiger partial charge in [-0.1, -0.05) is 12.1 Å². The van der Waals surface area contributed by atoms with Gasteiger partial charge in [-0.25, -0.2) is 22.2 Å². The summed E-state index contributed by atoms with van der Waals surface area (Å²) in [7, 11) is 0. The molecule has 1 aromatic heterocycles. The molecule has 35 heavy (non-hydrogen) atoms. The maximum Gasteiger partial charge on any atom is 0.287 e. The summed E-state index contributed by atoms with van der Waals surface area (Å²) in [4.78, 5) is 0. The minimum absolute atomic E-state index is 0.0996. The van der Waals surface area contributed by atoms with Crippen LogP contribution in [0, 0.1) is 28.4 Å². The Bertz CT molecular complexity index is 1260. The fourth-order valence-electron chi connectivity index (χ4n) is 5.65. The standard InChI is InChI=1S/C24H21F4N5O2/c25-17-4-7-19(20(26)10-17)23(34,14-33-15-30-31-32-33)24(27,28)22-11-21(12-22,13-22)16-2-5-18(6-3-16)35-9-1-8-29/h2-7,10,15,34H,1,9,11-14H2/t21?,22?,23-/m1/s1. The molecular formula is C24H21F4N5O2. The lowest BCUT2D eigenvalue weighted by molar-refractivity contribution is -0.347. The van der Waals surface area contributed by atoms with Crippen molar-refractivity contribution >= 4 is 0 Å². The average Bonchev–Trinajstić information content (AvgIpc) is 3.25. The first-order valence-electron chi connectivity index (χ1n) is 11.0. The second-order valence-corrected chi connectivity index (χ2v) is 9.44. The van der Waals surface area contributed by atoms with Gasteiger partial charge in [-0.05, 0) is 64.9 Å². The maximum atomic E-state index is 16.2. The largest absolute Gasteiger partial charge is 0.493 e. The molecule has 3 saturated carbocycles. The van der Waals surface area contributed by atoms with E-state index in [0.29, 0.717) is 11.8 Å². The average molecular weight is 487 g/mol. The number of tetrazole rings is 1. The van der Waals surface area contributed by atoms with E-state index in [0.717, 1.165) is 28.7 Å². The summed E-state index contributed by atoms with van der Waals surface area (Å²) < 4.78 is 66.9. The smallest absolute Gasteiger partial charge is 0.287 e. The Balaban J connectivity index is 1.41. The minimum atomic E-state index is -3.77. The highest BCUT2D eigenvalue weighted by molar-refractivity contribution is 5.44. The number of hydrogen-bond acceptors (Lipinski definition) is 6. The Hall–Kier alpha value is -3.52. The molecule has 3 aliphatic rings. The third-order valence-electron chi connectivity index (χ3n) is 7.32. The lowest BCUT2D eigenvalue weighted by Crippen LogP contribution is -2.76. The van der Waals surface area contributed by atoms with Crippen LogP contribution in [0.4, 0.5) is 17.6 Å². The molecule has 6 rings (SSSR count). The molecule has 2 aromatic carbocycles. The SMILES string of the molecule is N#CCCOc1ccc(C23CC(C(F)(F)[C@@](O)(Cn4cnnn4)c4ccc(F)cc4F)(C2)C3)cc1. The van der Waals surface area contributed by atoms with Crippen molar-refractivity contribution < 1.29 is 27.4 Å². The van der Waals surface area contributed by atoms with E-state index in [4.69, 9.17) is 10.00 Å². The van der Waals surface area contributed by atoms with Gasteiger partial charge in [0.05, 0.1) is 19.0 Å². The van der Waals surface area contributed by atoms with Crippen LogP contribution in [0.3, 0.4) is 0 Å². The van der Waals surface area contributed by atoms with Crippen LogP contribution in [0.25, 0.3) is 0 Å². The first kappa shape index (κ1) is 23.2. The van der Waals surface area contributed by atoms with Gasteiger partial charge in [0.2, 0.25) is 0 Å². The van der Waals surface area contributed by atoms with Crippen LogP contribution in [0.15, 0.2) is 48.8 Å². The Morgan fingerprint density at radius 2 is 1.83 bits per heavy atom. The summed E-state index contributed by atoms with van der Waals surface area (Å²) in [6, 6.07) is 11.2. The van der Waals surface area contributed by atoms with Crippen molar-refractivity contribution in [3.63, 3.8) is 0 Å². The molecule has 0 spiro atoms. The summed E-state index contributed by atoms with van der Waals surface area (Å²) in [6.07, 6.45) is 1.60. The van der Waals surface area contributed by atoms with E-state index in [1.165, 1.54) is 0 Å². The first-order valence-corrected chi connectivity index (χ1v) is 11.0. The monoisotopic (exact) mass is 487 g/mol. The van der Waals surface area contributed by atoms with E-state index in [1.54, 1.807) is 12.1 Å². The number of nitriles is 1. The van der Waals surface area contributed by atoms with Gasteiger partial charge in [-0.3, -0.25) is 0 Å². The second-order valence-electron chi connectivity index (χ2n) is 9.44. The highest BCUT2D eigenvalue weighted by atomic mass is 19.3. The molecule has 0 unspecified atom stereocenters. The summed E-state index contributed by atoms with van der Waals surface area (Å²) in [6.45, 7) is -0.546. The Morgan fingerprint density at radius 3 is 2.43 bits per heavy atom. The molecular weight excluding hydrogens is 466 g/mol. The van der Waals surface area contributed by atoms with Crippen molar-refractivity contribution in [1.29, 1.82) is 5.26 Å². The van der Waals surface area contributed by atoms with Crippen LogP contribution in [0.5, 0.6) is 5.75 Å². The summed E-state index contributed by atoms with van der Waals surface area (Å²) in [5.41, 5.74) is -4.87. The molecule has 11 heteroatoms.